The van der Waals surface area contributed by atoms with Crippen molar-refractivity contribution in [1.29, 1.82) is 5.26 Å². The van der Waals surface area contributed by atoms with Gasteiger partial charge in [-0.3, -0.25) is 9.78 Å². The molecule has 1 N–H and O–H groups in total. The minimum atomic E-state index is -0.133. The van der Waals surface area contributed by atoms with Crippen LogP contribution in [-0.4, -0.2) is 16.9 Å². The second-order valence-electron chi connectivity index (χ2n) is 3.50. The molecule has 0 aliphatic rings. The smallest absolute Gasteiger partial charge is 0.251 e. The summed E-state index contributed by atoms with van der Waals surface area (Å²) in [4.78, 5) is 15.6. The Labute approximate surface area is 88.9 Å². The van der Waals surface area contributed by atoms with Gasteiger partial charge in [0, 0.05) is 17.8 Å². The van der Waals surface area contributed by atoms with Gasteiger partial charge in [0.2, 0.25) is 0 Å². The van der Waals surface area contributed by atoms with E-state index < -0.39 is 0 Å². The Morgan fingerprint density at radius 3 is 3.00 bits per heavy atom. The zero-order valence-corrected chi connectivity index (χ0v) is 8.82. The van der Waals surface area contributed by atoms with Crippen LogP contribution >= 0.6 is 0 Å². The highest BCUT2D eigenvalue weighted by Crippen LogP contribution is 2.02. The molecule has 1 amide bonds. The van der Waals surface area contributed by atoms with Gasteiger partial charge in [0.15, 0.2) is 0 Å². The lowest BCUT2D eigenvalue weighted by Gasteiger charge is -2.08. The molecular weight excluding hydrogens is 190 g/mol. The molecule has 1 heterocycles. The number of carbonyl (C=O) groups excluding carboxylic acids is 1. The molecule has 0 aliphatic heterocycles. The topological polar surface area (TPSA) is 65.8 Å². The molecule has 0 aromatic carbocycles. The minimum absolute atomic E-state index is 0.102. The van der Waals surface area contributed by atoms with E-state index in [0.717, 1.165) is 0 Å². The summed E-state index contributed by atoms with van der Waals surface area (Å²) in [6.45, 7) is 3.80. The standard InChI is InChI=1S/C11H13N3O/c1-8(2)14-11(15)9-4-6-13-10(7-9)3-5-12/h4,6-8H,3H2,1-2H3,(H,14,15). The highest BCUT2D eigenvalue weighted by atomic mass is 16.1. The number of aromatic nitrogens is 1. The van der Waals surface area contributed by atoms with Gasteiger partial charge in [-0.1, -0.05) is 0 Å². The Bertz CT molecular complexity index is 393. The molecule has 0 unspecified atom stereocenters. The third kappa shape index (κ3) is 3.39. The van der Waals surface area contributed by atoms with Gasteiger partial charge in [-0.15, -0.1) is 0 Å². The quantitative estimate of drug-likeness (QED) is 0.804. The molecule has 4 nitrogen and oxygen atoms in total. The van der Waals surface area contributed by atoms with E-state index in [1.807, 2.05) is 19.9 Å². The second kappa shape index (κ2) is 5.11. The molecule has 0 atom stereocenters. The van der Waals surface area contributed by atoms with Crippen molar-refractivity contribution in [3.8, 4) is 6.07 Å². The normalized spacial score (nSPS) is 9.73. The van der Waals surface area contributed by atoms with Crippen LogP contribution in [0.2, 0.25) is 0 Å². The first-order valence-corrected chi connectivity index (χ1v) is 4.76. The Balaban J connectivity index is 2.81. The van der Waals surface area contributed by atoms with E-state index in [1.54, 1.807) is 18.3 Å². The molecule has 0 radical (unpaired) electrons. The van der Waals surface area contributed by atoms with Gasteiger partial charge in [0.1, 0.15) is 0 Å². The largest absolute Gasteiger partial charge is 0.350 e. The van der Waals surface area contributed by atoms with Crippen LogP contribution < -0.4 is 5.32 Å². The first-order chi connectivity index (χ1) is 7.13. The average Bonchev–Trinajstić information content (AvgIpc) is 2.17. The summed E-state index contributed by atoms with van der Waals surface area (Å²) < 4.78 is 0. The number of nitrogens with one attached hydrogen (secondary N) is 1. The van der Waals surface area contributed by atoms with E-state index in [0.29, 0.717) is 11.3 Å². The van der Waals surface area contributed by atoms with Crippen LogP contribution in [0, 0.1) is 11.3 Å². The zero-order chi connectivity index (χ0) is 11.3. The molecule has 0 bridgehead atoms. The molecule has 1 rings (SSSR count). The molecule has 0 aliphatic carbocycles. The van der Waals surface area contributed by atoms with Gasteiger partial charge >= 0.3 is 0 Å². The van der Waals surface area contributed by atoms with Crippen LogP contribution in [0.5, 0.6) is 0 Å². The maximum Gasteiger partial charge on any atom is 0.251 e. The van der Waals surface area contributed by atoms with E-state index in [1.165, 1.54) is 0 Å². The third-order valence-corrected chi connectivity index (χ3v) is 1.76. The predicted octanol–water partition coefficient (Wildman–Crippen LogP) is 1.29. The lowest BCUT2D eigenvalue weighted by atomic mass is 10.2. The number of carbonyl (C=O) groups is 1. The summed E-state index contributed by atoms with van der Waals surface area (Å²) in [6, 6.07) is 5.38. The number of hydrogen-bond donors (Lipinski definition) is 1. The van der Waals surface area contributed by atoms with Crippen LogP contribution in [0.1, 0.15) is 29.9 Å². The monoisotopic (exact) mass is 203 g/mol. The summed E-state index contributed by atoms with van der Waals surface area (Å²) in [7, 11) is 0. The number of nitrogens with zero attached hydrogens (tertiary/aromatic N) is 2. The summed E-state index contributed by atoms with van der Waals surface area (Å²) >= 11 is 0. The number of amides is 1. The van der Waals surface area contributed by atoms with Crippen LogP contribution in [0.15, 0.2) is 18.3 Å². The maximum atomic E-state index is 11.6. The van der Waals surface area contributed by atoms with Crippen molar-refractivity contribution in [2.75, 3.05) is 0 Å². The molecule has 0 fully saturated rings. The number of nitriles is 1. The second-order valence-corrected chi connectivity index (χ2v) is 3.50. The number of rotatable bonds is 3. The van der Waals surface area contributed by atoms with Crippen molar-refractivity contribution in [2.45, 2.75) is 26.3 Å². The highest BCUT2D eigenvalue weighted by Gasteiger charge is 2.07. The van der Waals surface area contributed by atoms with Crippen molar-refractivity contribution in [3.05, 3.63) is 29.6 Å². The van der Waals surface area contributed by atoms with E-state index in [-0.39, 0.29) is 18.4 Å². The van der Waals surface area contributed by atoms with Crippen LogP contribution in [0.25, 0.3) is 0 Å². The fourth-order valence-corrected chi connectivity index (χ4v) is 1.14. The highest BCUT2D eigenvalue weighted by molar-refractivity contribution is 5.94. The molecule has 1 aromatic heterocycles. The van der Waals surface area contributed by atoms with E-state index in [2.05, 4.69) is 10.3 Å². The molecular formula is C11H13N3O. The first-order valence-electron chi connectivity index (χ1n) is 4.76. The molecule has 78 valence electrons. The van der Waals surface area contributed by atoms with Gasteiger partial charge in [0.05, 0.1) is 18.2 Å². The lowest BCUT2D eigenvalue weighted by molar-refractivity contribution is 0.0943. The van der Waals surface area contributed by atoms with E-state index in [9.17, 15) is 4.79 Å². The van der Waals surface area contributed by atoms with Crippen LogP contribution in [0.4, 0.5) is 0 Å². The third-order valence-electron chi connectivity index (χ3n) is 1.76. The summed E-state index contributed by atoms with van der Waals surface area (Å²) in [5.41, 5.74) is 1.16. The molecule has 15 heavy (non-hydrogen) atoms. The maximum absolute atomic E-state index is 11.6. The first kappa shape index (κ1) is 11.2. The summed E-state index contributed by atoms with van der Waals surface area (Å²) in [6.07, 6.45) is 1.77. The number of hydrogen-bond acceptors (Lipinski definition) is 3. The minimum Gasteiger partial charge on any atom is -0.350 e. The van der Waals surface area contributed by atoms with Crippen LogP contribution in [-0.2, 0) is 6.42 Å². The molecule has 0 spiro atoms. The van der Waals surface area contributed by atoms with Crippen molar-refractivity contribution < 1.29 is 4.79 Å². The van der Waals surface area contributed by atoms with Gasteiger partial charge < -0.3 is 5.32 Å². The molecule has 4 heteroatoms. The fraction of sp³-hybridized carbons (Fsp3) is 0.364. The zero-order valence-electron chi connectivity index (χ0n) is 8.82. The van der Waals surface area contributed by atoms with Gasteiger partial charge in [-0.05, 0) is 26.0 Å². The Morgan fingerprint density at radius 2 is 2.40 bits per heavy atom. The van der Waals surface area contributed by atoms with Gasteiger partial charge in [-0.25, -0.2) is 0 Å². The van der Waals surface area contributed by atoms with E-state index in [4.69, 9.17) is 5.26 Å². The van der Waals surface area contributed by atoms with Crippen molar-refractivity contribution in [3.63, 3.8) is 0 Å². The lowest BCUT2D eigenvalue weighted by Crippen LogP contribution is -2.30. The fourth-order valence-electron chi connectivity index (χ4n) is 1.14. The SMILES string of the molecule is CC(C)NC(=O)c1ccnc(CC#N)c1. The Kier molecular flexibility index (Phi) is 3.81. The Morgan fingerprint density at radius 1 is 1.67 bits per heavy atom. The summed E-state index contributed by atoms with van der Waals surface area (Å²) in [5.74, 6) is -0.133. The van der Waals surface area contributed by atoms with Crippen LogP contribution in [0.3, 0.4) is 0 Å². The van der Waals surface area contributed by atoms with Crippen molar-refractivity contribution >= 4 is 5.91 Å². The molecule has 0 saturated carbocycles. The average molecular weight is 203 g/mol. The van der Waals surface area contributed by atoms with Gasteiger partial charge in [-0.2, -0.15) is 5.26 Å². The summed E-state index contributed by atoms with van der Waals surface area (Å²) in [5, 5.41) is 11.3. The van der Waals surface area contributed by atoms with Crippen molar-refractivity contribution in [2.24, 2.45) is 0 Å². The number of pyridine rings is 1. The van der Waals surface area contributed by atoms with E-state index >= 15 is 0 Å². The Hall–Kier alpha value is -1.89. The molecule has 1 aromatic rings. The van der Waals surface area contributed by atoms with Crippen molar-refractivity contribution in [1.82, 2.24) is 10.3 Å². The van der Waals surface area contributed by atoms with Gasteiger partial charge in [0.25, 0.3) is 5.91 Å². The predicted molar refractivity (Wildman–Crippen MR) is 56.2 cm³/mol. The molecule has 0 saturated heterocycles.